The van der Waals surface area contributed by atoms with Crippen LogP contribution in [0.5, 0.6) is 0 Å². The molecule has 0 atom stereocenters. The van der Waals surface area contributed by atoms with Gasteiger partial charge in [0.2, 0.25) is 0 Å². The van der Waals surface area contributed by atoms with Crippen LogP contribution in [-0.2, 0) is 10.8 Å². The Morgan fingerprint density at radius 1 is 0.540 bits per heavy atom. The number of fused-ring (bicyclic) bond motifs is 7. The molecule has 0 bridgehead atoms. The van der Waals surface area contributed by atoms with Crippen molar-refractivity contribution in [1.29, 1.82) is 0 Å². The number of para-hydroxylation sites is 2. The molecule has 63 heavy (non-hydrogen) atoms. The fourth-order valence-electron chi connectivity index (χ4n) is 9.50. The predicted molar refractivity (Wildman–Crippen MR) is 270 cm³/mol. The third kappa shape index (κ3) is 6.94. The number of nitrogens with zero attached hydrogens (tertiary/aromatic N) is 2. The monoisotopic (exact) mass is 825 g/mol. The number of benzene rings is 8. The van der Waals surface area contributed by atoms with E-state index in [4.69, 9.17) is 13.5 Å². The zero-order valence-corrected chi connectivity index (χ0v) is 38.2. The second kappa shape index (κ2) is 14.8. The minimum Gasteiger partial charge on any atom is -0.455 e. The highest BCUT2D eigenvalue weighted by molar-refractivity contribution is 6.17. The first-order valence-corrected chi connectivity index (χ1v) is 22.5. The first-order valence-electron chi connectivity index (χ1n) is 24.0. The van der Waals surface area contributed by atoms with E-state index >= 15 is 0 Å². The summed E-state index contributed by atoms with van der Waals surface area (Å²) >= 11 is 0. The normalized spacial score (nSPS) is 13.6. The summed E-state index contributed by atoms with van der Waals surface area (Å²) < 4.78 is 35.5. The number of hydrogen-bond acceptors (Lipinski definition) is 2. The van der Waals surface area contributed by atoms with Crippen LogP contribution in [0.4, 0.5) is 0 Å². The van der Waals surface area contributed by atoms with Gasteiger partial charge in [0, 0.05) is 14.9 Å². The predicted octanol–water partition coefficient (Wildman–Crippen LogP) is 17.4. The van der Waals surface area contributed by atoms with Crippen molar-refractivity contribution >= 4 is 54.5 Å². The molecule has 0 saturated carbocycles. The maximum atomic E-state index is 8.82. The van der Waals surface area contributed by atoms with E-state index in [1.165, 1.54) is 33.0 Å². The number of aryl methyl sites for hydroxylation is 1. The zero-order valence-electron chi connectivity index (χ0n) is 41.2. The van der Waals surface area contributed by atoms with Crippen molar-refractivity contribution in [2.24, 2.45) is 0 Å². The zero-order chi connectivity index (χ0) is 46.6. The van der Waals surface area contributed by atoms with Gasteiger partial charge in [-0.05, 0) is 138 Å². The SMILES string of the molecule is [2H]C([2H])([2H])c1cccc2nc(-c3cccc4c3oc3cc5c(ccc6ccccc65)cc34)n(-c3c(C(C)C)cc(-c4ccc(-c5cc(C(C)(C)C)cc(C(C)(C)C)c5)cc4)cc3C(C)C)c12. The van der Waals surface area contributed by atoms with Gasteiger partial charge in [0.05, 0.1) is 22.3 Å². The van der Waals surface area contributed by atoms with E-state index in [9.17, 15) is 0 Å². The maximum Gasteiger partial charge on any atom is 0.149 e. The lowest BCUT2D eigenvalue weighted by Crippen LogP contribution is -2.16. The molecule has 3 heteroatoms. The van der Waals surface area contributed by atoms with Gasteiger partial charge in [-0.3, -0.25) is 4.57 Å². The van der Waals surface area contributed by atoms with Crippen LogP contribution in [-0.4, -0.2) is 9.55 Å². The van der Waals surface area contributed by atoms with Gasteiger partial charge in [-0.15, -0.1) is 0 Å². The van der Waals surface area contributed by atoms with Crippen LogP contribution in [0.25, 0.3) is 93.8 Å². The van der Waals surface area contributed by atoms with Gasteiger partial charge < -0.3 is 4.42 Å². The molecular weight excluding hydrogens is 765 g/mol. The maximum absolute atomic E-state index is 8.82. The summed E-state index contributed by atoms with van der Waals surface area (Å²) in [5, 5.41) is 6.65. The molecule has 0 unspecified atom stereocenters. The Hall–Kier alpha value is -6.45. The van der Waals surface area contributed by atoms with Crippen molar-refractivity contribution in [3.8, 4) is 39.3 Å². The Balaban J connectivity index is 1.19. The fourth-order valence-corrected chi connectivity index (χ4v) is 9.50. The molecule has 0 N–H and O–H groups in total. The molecule has 0 saturated heterocycles. The minimum absolute atomic E-state index is 0.0201. The van der Waals surface area contributed by atoms with Crippen molar-refractivity contribution in [3.63, 3.8) is 0 Å². The van der Waals surface area contributed by atoms with E-state index in [2.05, 4.69) is 195 Å². The summed E-state index contributed by atoms with van der Waals surface area (Å²) in [6.07, 6.45) is 0. The summed E-state index contributed by atoms with van der Waals surface area (Å²) in [5.74, 6) is 0.818. The summed E-state index contributed by atoms with van der Waals surface area (Å²) in [6.45, 7) is 20.2. The van der Waals surface area contributed by atoms with Crippen LogP contribution < -0.4 is 0 Å². The lowest BCUT2D eigenvalue weighted by Gasteiger charge is -2.26. The molecule has 10 rings (SSSR count). The number of rotatable bonds is 6. The molecule has 10 aromatic rings. The first kappa shape index (κ1) is 37.1. The van der Waals surface area contributed by atoms with Gasteiger partial charge in [0.1, 0.15) is 17.0 Å². The minimum atomic E-state index is -2.39. The Morgan fingerprint density at radius 3 is 1.78 bits per heavy atom. The van der Waals surface area contributed by atoms with Gasteiger partial charge in [-0.1, -0.05) is 172 Å². The number of hydrogen-bond donors (Lipinski definition) is 0. The van der Waals surface area contributed by atoms with E-state index in [-0.39, 0.29) is 28.2 Å². The molecule has 2 aromatic heterocycles. The van der Waals surface area contributed by atoms with Crippen molar-refractivity contribution in [3.05, 3.63) is 167 Å². The molecular formula is C60H58N2O. The highest BCUT2D eigenvalue weighted by Gasteiger charge is 2.27. The largest absolute Gasteiger partial charge is 0.455 e. The Kier molecular flexibility index (Phi) is 8.75. The van der Waals surface area contributed by atoms with Gasteiger partial charge in [-0.2, -0.15) is 0 Å². The van der Waals surface area contributed by atoms with Gasteiger partial charge in [0.15, 0.2) is 0 Å². The molecule has 2 heterocycles. The molecule has 0 amide bonds. The van der Waals surface area contributed by atoms with Crippen molar-refractivity contribution in [2.45, 2.75) is 98.8 Å². The summed E-state index contributed by atoms with van der Waals surface area (Å²) in [4.78, 5) is 5.37. The standard InChI is InChI=1S/C60H58N2O/c1-35(2)49-31-43(39-24-22-38(23-25-39)42-28-44(59(6,7)8)33-45(29-42)60(9,10)11)32-50(36(3)4)56(49)62-55-37(5)16-14-21-53(55)61-58(62)48-20-15-19-47-52-30-41-27-26-40-17-12-13-18-46(40)51(41)34-54(52)63-57(47)48/h12-36H,1-11H3/i5D3. The molecule has 0 spiro atoms. The second-order valence-corrected chi connectivity index (χ2v) is 20.3. The molecule has 0 aliphatic rings. The Labute approximate surface area is 376 Å². The lowest BCUT2D eigenvalue weighted by atomic mass is 9.79. The second-order valence-electron chi connectivity index (χ2n) is 20.3. The van der Waals surface area contributed by atoms with Gasteiger partial charge in [0.25, 0.3) is 0 Å². The van der Waals surface area contributed by atoms with Gasteiger partial charge in [-0.25, -0.2) is 4.98 Å². The molecule has 3 nitrogen and oxygen atoms in total. The highest BCUT2D eigenvalue weighted by atomic mass is 16.3. The average molecular weight is 826 g/mol. The summed E-state index contributed by atoms with van der Waals surface area (Å²) in [7, 11) is 0. The third-order valence-corrected chi connectivity index (χ3v) is 13.1. The number of imidazole rings is 1. The summed E-state index contributed by atoms with van der Waals surface area (Å²) in [5.41, 5.74) is 14.4. The Bertz CT molecular complexity index is 3470. The summed E-state index contributed by atoms with van der Waals surface area (Å²) in [6, 6.07) is 49.6. The Morgan fingerprint density at radius 2 is 1.14 bits per heavy atom. The third-order valence-electron chi connectivity index (χ3n) is 13.1. The van der Waals surface area contributed by atoms with E-state index in [0.717, 1.165) is 66.2 Å². The van der Waals surface area contributed by atoms with Crippen LogP contribution in [0.1, 0.15) is 113 Å². The number of aromatic nitrogens is 2. The van der Waals surface area contributed by atoms with E-state index in [1.54, 1.807) is 6.07 Å². The van der Waals surface area contributed by atoms with Crippen LogP contribution >= 0.6 is 0 Å². The van der Waals surface area contributed by atoms with E-state index in [0.29, 0.717) is 16.9 Å². The van der Waals surface area contributed by atoms with Crippen molar-refractivity contribution < 1.29 is 8.53 Å². The van der Waals surface area contributed by atoms with Crippen LogP contribution in [0.2, 0.25) is 0 Å². The van der Waals surface area contributed by atoms with E-state index < -0.39 is 6.85 Å². The van der Waals surface area contributed by atoms with Crippen LogP contribution in [0.3, 0.4) is 0 Å². The number of furan rings is 1. The lowest BCUT2D eigenvalue weighted by molar-refractivity contribution is 0.569. The van der Waals surface area contributed by atoms with Crippen LogP contribution in [0, 0.1) is 6.85 Å². The fraction of sp³-hybridized carbons (Fsp3) is 0.250. The molecule has 0 radical (unpaired) electrons. The van der Waals surface area contributed by atoms with Crippen molar-refractivity contribution in [2.75, 3.05) is 0 Å². The van der Waals surface area contributed by atoms with Crippen LogP contribution in [0.15, 0.2) is 144 Å². The quantitative estimate of drug-likeness (QED) is 0.156. The average Bonchev–Trinajstić information content (AvgIpc) is 3.85. The first-order chi connectivity index (χ1) is 31.3. The van der Waals surface area contributed by atoms with Crippen molar-refractivity contribution in [1.82, 2.24) is 9.55 Å². The van der Waals surface area contributed by atoms with Gasteiger partial charge >= 0.3 is 0 Å². The molecule has 0 fully saturated rings. The molecule has 0 aliphatic carbocycles. The molecule has 0 aliphatic heterocycles. The molecule has 8 aromatic carbocycles. The smallest absolute Gasteiger partial charge is 0.149 e. The molecule has 314 valence electrons. The highest BCUT2D eigenvalue weighted by Crippen LogP contribution is 2.44. The van der Waals surface area contributed by atoms with E-state index in [1.807, 2.05) is 12.1 Å². The topological polar surface area (TPSA) is 31.0 Å².